The number of rotatable bonds is 15. The first-order chi connectivity index (χ1) is 39.8. The topological polar surface area (TPSA) is 97.4 Å². The van der Waals surface area contributed by atoms with Crippen molar-refractivity contribution in [1.82, 2.24) is 15.1 Å². The van der Waals surface area contributed by atoms with Gasteiger partial charge in [-0.3, -0.25) is 23.3 Å². The van der Waals surface area contributed by atoms with Gasteiger partial charge >= 0.3 is 202 Å². The fourth-order valence-corrected chi connectivity index (χ4v) is 17.2. The van der Waals surface area contributed by atoms with E-state index >= 15 is 0 Å². The summed E-state index contributed by atoms with van der Waals surface area (Å²) in [6, 6.07) is 28.3. The zero-order valence-corrected chi connectivity index (χ0v) is 63.6. The van der Waals surface area contributed by atoms with Gasteiger partial charge in [0.05, 0.1) is 49.0 Å². The molecule has 9 rings (SSSR count). The normalized spacial score (nSPS) is 27.5. The van der Waals surface area contributed by atoms with E-state index in [4.69, 9.17) is 17.0 Å². The first-order valence-electron chi connectivity index (χ1n) is 29.1. The summed E-state index contributed by atoms with van der Waals surface area (Å²) >= 11 is 8.53. The van der Waals surface area contributed by atoms with Crippen molar-refractivity contribution in [2.45, 2.75) is 151 Å². The molecule has 0 aromatic heterocycles. The number of nitrogens with zero attached hydrogens (tertiary/aromatic N) is 2. The molecular weight excluding hydrogens is 1700 g/mol. The number of methoxy groups -OCH3 is 3. The number of carbonyl (C=O) groups excluding carboxylic acids is 3. The monoisotopic (exact) mass is 1790 g/mol. The summed E-state index contributed by atoms with van der Waals surface area (Å²) in [6.45, 7) is 0.658. The van der Waals surface area contributed by atoms with E-state index in [-0.39, 0.29) is 92.3 Å². The molecule has 81 heavy (non-hydrogen) atoms. The molecule has 455 valence electrons. The molecule has 0 aliphatic carbocycles. The molecule has 6 fully saturated rings. The zero-order chi connectivity index (χ0) is 61.8. The first kappa shape index (κ1) is 72.5. The van der Waals surface area contributed by atoms with Crippen molar-refractivity contribution in [1.29, 1.82) is 0 Å². The van der Waals surface area contributed by atoms with E-state index in [0.717, 1.165) is 79.3 Å². The van der Waals surface area contributed by atoms with Crippen LogP contribution in [0.3, 0.4) is 0 Å². The molecule has 6 aliphatic rings. The van der Waals surface area contributed by atoms with Gasteiger partial charge in [0.15, 0.2) is 0 Å². The number of hydrogen-bond donors (Lipinski definition) is 1. The maximum atomic E-state index is 12.7. The predicted octanol–water partition coefficient (Wildman–Crippen LogP) is 15.2. The summed E-state index contributed by atoms with van der Waals surface area (Å²) in [5.41, 5.74) is 3.76. The second-order valence-electron chi connectivity index (χ2n) is 21.9. The standard InChI is InChI=1S/C18H23FINO2.C18H23FNO2.C15H18INO2.C3H6BrF.CH3FIP.4CH3.FH2P.2Sn/c1-23-18(22)17-15(12-3-5-13(20)6-4-12)11-14-7-8-16(17)21(14)10-2-9-19;1-22-18(21)17-15(13-6-3-2-4-7-13)12-14-8-9-16(17)20(14)11-5-10-19;1-19-15(18)14-12(8-11-6-7-13(14)17-11)9-2-4-10(16)5-3-9;4-2-1-3-5;1-4(2)3;;;;;1-2;;/h3-6,14-17H,2,7-11H2,1H3;3-4,6-7,14-17H,5,8-12H2,1H3;2-5,11-14,17H,6-8H2,1H3;1-3H2;1H3;4*1H3;2H2;;/i;;;;2*1T;;;;;;. The number of esters is 3. The summed E-state index contributed by atoms with van der Waals surface area (Å²) < 4.78 is 88.8. The van der Waals surface area contributed by atoms with Crippen molar-refractivity contribution < 1.29 is 52.9 Å². The van der Waals surface area contributed by atoms with E-state index in [1.165, 1.54) is 77.7 Å². The first-order valence-corrected chi connectivity index (χ1v) is 47.6. The number of nitrogens with one attached hydrogen (secondary N) is 1. The zero-order valence-electron chi connectivity index (χ0n) is 49.8. The molecule has 0 spiro atoms. The van der Waals surface area contributed by atoms with Crippen molar-refractivity contribution >= 4 is 161 Å². The van der Waals surface area contributed by atoms with E-state index in [1.807, 2.05) is 0 Å². The van der Waals surface area contributed by atoms with E-state index in [1.54, 1.807) is 22.0 Å². The van der Waals surface area contributed by atoms with Crippen molar-refractivity contribution in [3.63, 3.8) is 0 Å². The minimum absolute atomic E-state index is 0.0381. The Morgan fingerprint density at radius 1 is 0.667 bits per heavy atom. The Hall–Kier alpha value is 0.727. The molecular formula is C59H87BrF5I3N3O6P2Sn2. The Morgan fingerprint density at radius 3 is 1.37 bits per heavy atom. The third-order valence-corrected chi connectivity index (χ3v) is 24.3. The number of hydrogen-bond acceptors (Lipinski definition) is 9. The van der Waals surface area contributed by atoms with Gasteiger partial charge in [-0.2, -0.15) is 0 Å². The molecule has 6 heterocycles. The average molecular weight is 1790 g/mol. The summed E-state index contributed by atoms with van der Waals surface area (Å²) in [7, 11) is 5.37. The van der Waals surface area contributed by atoms with Crippen LogP contribution in [0.25, 0.3) is 0 Å². The van der Waals surface area contributed by atoms with Gasteiger partial charge in [-0.15, -0.1) is 0 Å². The Kier molecular flexibility index (Phi) is 36.1. The molecule has 22 heteroatoms. The van der Waals surface area contributed by atoms with E-state index in [0.29, 0.717) is 48.2 Å². The van der Waals surface area contributed by atoms with E-state index in [9.17, 15) is 35.9 Å². The van der Waals surface area contributed by atoms with Crippen LogP contribution in [0.15, 0.2) is 72.8 Å². The molecule has 9 nitrogen and oxygen atoms in total. The van der Waals surface area contributed by atoms with E-state index < -0.39 is 24.3 Å². The maximum absolute atomic E-state index is 12.7. The number of ether oxygens (including phenoxy) is 3. The molecule has 6 bridgehead atoms. The average Bonchev–Trinajstić information content (AvgIpc) is 4.34. The Labute approximate surface area is 554 Å². The van der Waals surface area contributed by atoms with Gasteiger partial charge in [0, 0.05) is 56.4 Å². The van der Waals surface area contributed by atoms with Crippen LogP contribution >= 0.6 is 98.6 Å². The number of piperidine rings is 3. The fourth-order valence-electron chi connectivity index (χ4n) is 13.0. The van der Waals surface area contributed by atoms with Crippen LogP contribution in [0.1, 0.15) is 114 Å². The van der Waals surface area contributed by atoms with Crippen LogP contribution in [0.4, 0.5) is 21.6 Å². The van der Waals surface area contributed by atoms with Gasteiger partial charge in [0.1, 0.15) is 5.87 Å². The molecule has 6 saturated heterocycles. The third-order valence-electron chi connectivity index (χ3n) is 16.4. The van der Waals surface area contributed by atoms with Gasteiger partial charge in [0.2, 0.25) is 0 Å². The van der Waals surface area contributed by atoms with Gasteiger partial charge in [-0.25, -0.2) is 8.39 Å². The fraction of sp³-hybridized carbons (Fsp3) is 0.644. The number of fused-ring (bicyclic) bond motifs is 6. The minimum atomic E-state index is -2.07. The molecule has 14 unspecified atom stereocenters. The van der Waals surface area contributed by atoms with Crippen LogP contribution in [-0.4, -0.2) is 171 Å². The molecule has 0 saturated carbocycles. The van der Waals surface area contributed by atoms with Crippen LogP contribution in [-0.2, 0) is 28.6 Å². The summed E-state index contributed by atoms with van der Waals surface area (Å²) in [5, 5.41) is 4.35. The Morgan fingerprint density at radius 2 is 1.04 bits per heavy atom. The number of benzene rings is 3. The van der Waals surface area contributed by atoms with Crippen molar-refractivity contribution in [2.75, 3.05) is 66.4 Å². The second-order valence-corrected chi connectivity index (χ2v) is 43.4. The van der Waals surface area contributed by atoms with Crippen molar-refractivity contribution in [2.24, 2.45) is 17.8 Å². The SMILES string of the molecule is COC(=O)C1C(c2cc[c]([Sn]([CH3])([CH3])[CH3])cc2)CC2CCC1N2CCCF.COC(=O)C1C(c2ccc(I)cc2)CC2CCC1N2CCCF.COC(=O)C1C2CCC(CC1c1ccc(I)cc1)N2.FCCCBr.FP.[3H]CP(F)I.[3H][CH2][Sn]. The van der Waals surface area contributed by atoms with Gasteiger partial charge in [-0.1, -0.05) is 40.2 Å². The van der Waals surface area contributed by atoms with Crippen LogP contribution < -0.4 is 8.90 Å². The third kappa shape index (κ3) is 22.9. The summed E-state index contributed by atoms with van der Waals surface area (Å²) in [6.07, 6.45) is 11.2. The van der Waals surface area contributed by atoms with Gasteiger partial charge < -0.3 is 14.8 Å². The summed E-state index contributed by atoms with van der Waals surface area (Å²) in [5.74, 6) is -1.36. The van der Waals surface area contributed by atoms with E-state index in [2.05, 4.69) is 164 Å². The van der Waals surface area contributed by atoms with Crippen LogP contribution in [0.2, 0.25) is 19.7 Å². The Bertz CT molecular complexity index is 2330. The quantitative estimate of drug-likeness (QED) is 0.0303. The molecule has 3 aromatic carbocycles. The van der Waals surface area contributed by atoms with Crippen LogP contribution in [0.5, 0.6) is 0 Å². The van der Waals surface area contributed by atoms with Gasteiger partial charge in [-0.05, 0) is 161 Å². The molecule has 0 amide bonds. The van der Waals surface area contributed by atoms with Crippen molar-refractivity contribution in [3.8, 4) is 0 Å². The molecule has 3 radical (unpaired) electrons. The summed E-state index contributed by atoms with van der Waals surface area (Å²) in [4.78, 5) is 49.9. The van der Waals surface area contributed by atoms with Crippen molar-refractivity contribution in [3.05, 3.63) is 96.6 Å². The second kappa shape index (κ2) is 40.4. The predicted molar refractivity (Wildman–Crippen MR) is 359 cm³/mol. The molecule has 3 aromatic rings. The molecule has 1 N–H and O–H groups in total. The number of alkyl halides is 4. The molecule has 6 aliphatic heterocycles. The number of halogens is 9. The number of carbonyl (C=O) groups is 3. The van der Waals surface area contributed by atoms with Crippen LogP contribution in [0, 0.1) is 24.9 Å². The van der Waals surface area contributed by atoms with Gasteiger partial charge in [0.25, 0.3) is 0 Å². The Balaban J connectivity index is 0.000000292. The molecule has 14 atom stereocenters.